The van der Waals surface area contributed by atoms with E-state index in [0.717, 1.165) is 38.7 Å². The van der Waals surface area contributed by atoms with E-state index in [1.807, 2.05) is 27.7 Å². The van der Waals surface area contributed by atoms with E-state index in [0.29, 0.717) is 0 Å². The largest absolute Gasteiger partial charge is 0.213 e. The van der Waals surface area contributed by atoms with Gasteiger partial charge in [-0.2, -0.15) is 0 Å². The van der Waals surface area contributed by atoms with Crippen LogP contribution in [0, 0.1) is 6.92 Å². The zero-order valence-corrected chi connectivity index (χ0v) is 18.9. The first kappa shape index (κ1) is 17.9. The maximum absolute atomic E-state index is 8.80. The van der Waals surface area contributed by atoms with Crippen LogP contribution in [0.5, 0.6) is 0 Å². The lowest BCUT2D eigenvalue weighted by molar-refractivity contribution is -0.660. The van der Waals surface area contributed by atoms with Crippen LogP contribution in [-0.4, -0.2) is 0 Å². The quantitative estimate of drug-likeness (QED) is 0.313. The van der Waals surface area contributed by atoms with Crippen LogP contribution in [0.2, 0.25) is 0 Å². The molecule has 0 radical (unpaired) electrons. The number of hydrogen-bond donors (Lipinski definition) is 0. The number of pyridine rings is 1. The summed E-state index contributed by atoms with van der Waals surface area (Å²) in [5.74, 6) is -1.35. The predicted octanol–water partition coefficient (Wildman–Crippen LogP) is 7.55. The zero-order valence-electron chi connectivity index (χ0n) is 20.9. The van der Waals surface area contributed by atoms with E-state index in [9.17, 15) is 0 Å². The van der Waals surface area contributed by atoms with E-state index >= 15 is 0 Å². The van der Waals surface area contributed by atoms with E-state index in [1.54, 1.807) is 0 Å². The van der Waals surface area contributed by atoms with Crippen LogP contribution >= 0.6 is 0 Å². The molecule has 152 valence electrons. The summed E-state index contributed by atoms with van der Waals surface area (Å²) in [7, 11) is 2.06. The molecule has 0 saturated carbocycles. The van der Waals surface area contributed by atoms with Crippen LogP contribution in [0.3, 0.4) is 0 Å². The van der Waals surface area contributed by atoms with Gasteiger partial charge in [-0.15, -0.1) is 0 Å². The summed E-state index contributed by atoms with van der Waals surface area (Å²) in [6.07, 6.45) is 2.11. The van der Waals surface area contributed by atoms with Crippen LogP contribution in [0.4, 0.5) is 0 Å². The molecular formula is C29H32N+. The van der Waals surface area contributed by atoms with Crippen molar-refractivity contribution in [3.63, 3.8) is 0 Å². The van der Waals surface area contributed by atoms with Gasteiger partial charge in [0.2, 0.25) is 5.69 Å². The summed E-state index contributed by atoms with van der Waals surface area (Å²) in [5, 5.41) is 2.29. The van der Waals surface area contributed by atoms with Gasteiger partial charge in [0.1, 0.15) is 7.05 Å². The second-order valence-corrected chi connectivity index (χ2v) is 8.69. The predicted molar refractivity (Wildman–Crippen MR) is 129 cm³/mol. The molecular weight excluding hydrogens is 362 g/mol. The highest BCUT2D eigenvalue weighted by Gasteiger charge is 2.20. The highest BCUT2D eigenvalue weighted by molar-refractivity contribution is 5.89. The number of nitrogens with zero attached hydrogens (tertiary/aromatic N) is 1. The second kappa shape index (κ2) is 8.07. The van der Waals surface area contributed by atoms with Crippen molar-refractivity contribution in [3.05, 3.63) is 89.6 Å². The van der Waals surface area contributed by atoms with Gasteiger partial charge in [-0.05, 0) is 63.9 Å². The van der Waals surface area contributed by atoms with Gasteiger partial charge in [-0.1, -0.05) is 76.2 Å². The topological polar surface area (TPSA) is 3.88 Å². The average Bonchev–Trinajstić information content (AvgIpc) is 2.72. The van der Waals surface area contributed by atoms with Gasteiger partial charge in [0.05, 0.1) is 0 Å². The van der Waals surface area contributed by atoms with Crippen molar-refractivity contribution < 1.29 is 7.31 Å². The van der Waals surface area contributed by atoms with Crippen molar-refractivity contribution in [1.29, 1.82) is 0 Å². The standard InChI is InChI=1S/C29H32N/c1-19(2)22-11-12-24-16-25(14-13-23(24)15-22)27-17-29(26-10-8-7-9-21(26)5)30(6)18-28(27)20(3)4/h7-20H,1-6H3/q+1/i19D,20D. The fourth-order valence-corrected chi connectivity index (χ4v) is 4.14. The Morgan fingerprint density at radius 1 is 0.767 bits per heavy atom. The Labute approximate surface area is 183 Å². The van der Waals surface area contributed by atoms with Gasteiger partial charge in [-0.3, -0.25) is 0 Å². The third-order valence-electron chi connectivity index (χ3n) is 5.96. The van der Waals surface area contributed by atoms with E-state index < -0.39 is 11.8 Å². The lowest BCUT2D eigenvalue weighted by Gasteiger charge is -2.15. The van der Waals surface area contributed by atoms with E-state index in [2.05, 4.69) is 91.5 Å². The Morgan fingerprint density at radius 3 is 2.17 bits per heavy atom. The summed E-state index contributed by atoms with van der Waals surface area (Å²) in [4.78, 5) is 0. The van der Waals surface area contributed by atoms with Crippen LogP contribution in [-0.2, 0) is 7.05 Å². The minimum atomic E-state index is -0.731. The molecule has 0 unspecified atom stereocenters. The molecule has 3 aromatic carbocycles. The molecule has 0 spiro atoms. The maximum Gasteiger partial charge on any atom is 0.213 e. The number of rotatable bonds is 4. The second-order valence-electron chi connectivity index (χ2n) is 8.69. The third-order valence-corrected chi connectivity index (χ3v) is 5.96. The molecule has 0 amide bonds. The van der Waals surface area contributed by atoms with Crippen molar-refractivity contribution in [2.75, 3.05) is 0 Å². The van der Waals surface area contributed by atoms with Gasteiger partial charge >= 0.3 is 0 Å². The van der Waals surface area contributed by atoms with Crippen LogP contribution < -0.4 is 4.57 Å². The summed E-state index contributed by atoms with van der Waals surface area (Å²) >= 11 is 0. The summed E-state index contributed by atoms with van der Waals surface area (Å²) in [6, 6.07) is 23.4. The molecule has 1 nitrogen and oxygen atoms in total. The maximum atomic E-state index is 8.80. The average molecular weight is 397 g/mol. The molecule has 0 N–H and O–H groups in total. The fourth-order valence-electron chi connectivity index (χ4n) is 4.14. The Hall–Kier alpha value is -2.93. The number of benzene rings is 3. The molecule has 0 atom stereocenters. The normalized spacial score (nSPS) is 13.3. The Balaban J connectivity index is 1.94. The number of aryl methyl sites for hydroxylation is 2. The van der Waals surface area contributed by atoms with E-state index in [-0.39, 0.29) is 0 Å². The molecule has 1 heterocycles. The summed E-state index contributed by atoms with van der Waals surface area (Å²) in [5.41, 5.74) is 7.79. The van der Waals surface area contributed by atoms with Crippen LogP contribution in [0.15, 0.2) is 72.9 Å². The highest BCUT2D eigenvalue weighted by Crippen LogP contribution is 2.34. The van der Waals surface area contributed by atoms with Gasteiger partial charge in [0, 0.05) is 19.9 Å². The van der Waals surface area contributed by atoms with Crippen molar-refractivity contribution in [1.82, 2.24) is 0 Å². The smallest absolute Gasteiger partial charge is 0.201 e. The SMILES string of the molecule is [2H]C(C)(C)c1ccc2cc(-c3cc(-c4ccccc4C)[n+](C)cc3C([2H])(C)C)ccc2c1. The Kier molecular flexibility index (Phi) is 4.81. The molecule has 4 rings (SSSR count). The number of fused-ring (bicyclic) bond motifs is 1. The molecule has 30 heavy (non-hydrogen) atoms. The minimum absolute atomic E-state index is 0.619. The lowest BCUT2D eigenvalue weighted by atomic mass is 9.90. The first-order valence-corrected chi connectivity index (χ1v) is 10.6. The lowest BCUT2D eigenvalue weighted by Crippen LogP contribution is -2.32. The van der Waals surface area contributed by atoms with Crippen LogP contribution in [0.25, 0.3) is 33.2 Å². The Morgan fingerprint density at radius 2 is 1.47 bits per heavy atom. The van der Waals surface area contributed by atoms with Gasteiger partial charge in [-0.25, -0.2) is 4.57 Å². The third kappa shape index (κ3) is 3.77. The zero-order chi connectivity index (χ0) is 23.3. The number of hydrogen-bond acceptors (Lipinski definition) is 0. The van der Waals surface area contributed by atoms with Crippen LogP contribution in [0.1, 0.15) is 58.9 Å². The van der Waals surface area contributed by atoms with E-state index in [1.165, 1.54) is 11.1 Å². The molecule has 4 aromatic rings. The first-order valence-electron chi connectivity index (χ1n) is 11.6. The molecule has 0 aliphatic rings. The van der Waals surface area contributed by atoms with Gasteiger partial charge in [0.25, 0.3) is 0 Å². The monoisotopic (exact) mass is 396 g/mol. The van der Waals surface area contributed by atoms with Crippen molar-refractivity contribution in [3.8, 4) is 22.4 Å². The highest BCUT2D eigenvalue weighted by atomic mass is 14.9. The van der Waals surface area contributed by atoms with Gasteiger partial charge < -0.3 is 0 Å². The van der Waals surface area contributed by atoms with Crippen molar-refractivity contribution in [2.24, 2.45) is 7.05 Å². The molecule has 0 fully saturated rings. The van der Waals surface area contributed by atoms with E-state index in [4.69, 9.17) is 2.74 Å². The summed E-state index contributed by atoms with van der Waals surface area (Å²) < 4.78 is 19.3. The van der Waals surface area contributed by atoms with Crippen molar-refractivity contribution >= 4 is 10.8 Å². The molecule has 0 aliphatic carbocycles. The Bertz CT molecular complexity index is 1310. The summed E-state index contributed by atoms with van der Waals surface area (Å²) in [6.45, 7) is 9.87. The molecule has 0 saturated heterocycles. The number of aromatic nitrogens is 1. The fraction of sp³-hybridized carbons (Fsp3) is 0.276. The molecule has 0 aliphatic heterocycles. The first-order chi connectivity index (χ1) is 14.9. The molecule has 0 bridgehead atoms. The van der Waals surface area contributed by atoms with Crippen molar-refractivity contribution in [2.45, 2.75) is 46.4 Å². The molecule has 1 aromatic heterocycles. The van der Waals surface area contributed by atoms with Gasteiger partial charge in [0.15, 0.2) is 6.20 Å². The molecule has 1 heteroatoms. The minimum Gasteiger partial charge on any atom is -0.201 e.